The van der Waals surface area contributed by atoms with Gasteiger partial charge in [-0.25, -0.2) is 14.4 Å². The Balaban J connectivity index is 1.37. The van der Waals surface area contributed by atoms with Crippen molar-refractivity contribution in [3.8, 4) is 0 Å². The first-order valence-electron chi connectivity index (χ1n) is 28.7. The lowest BCUT2D eigenvalue weighted by Crippen LogP contribution is -2.53. The monoisotopic (exact) mass is 1290 g/mol. The number of carbonyl (C=O) groups is 8. The Morgan fingerprint density at radius 1 is 1.06 bits per heavy atom. The highest BCUT2D eigenvalue weighted by Crippen LogP contribution is 2.50. The van der Waals surface area contributed by atoms with E-state index in [4.69, 9.17) is 41.0 Å². The zero-order chi connectivity index (χ0) is 64.2. The number of hydrogen-bond acceptors (Lipinski definition) is 14. The number of rotatable bonds is 23. The lowest BCUT2D eigenvalue weighted by Gasteiger charge is -2.41. The molecule has 474 valence electrons. The van der Waals surface area contributed by atoms with E-state index in [0.717, 1.165) is 17.2 Å². The van der Waals surface area contributed by atoms with Gasteiger partial charge in [-0.05, 0) is 114 Å². The molecule has 5 rings (SSSR count). The number of epoxide rings is 1. The van der Waals surface area contributed by atoms with E-state index in [-0.39, 0.29) is 78.3 Å². The Kier molecular flexibility index (Phi) is 24.8. The molecule has 6 N–H and O–H groups in total. The minimum atomic E-state index is -5.13. The predicted molar refractivity (Wildman–Crippen MR) is 320 cm³/mol. The van der Waals surface area contributed by atoms with Gasteiger partial charge < -0.3 is 50.1 Å². The second-order valence-corrected chi connectivity index (χ2v) is 24.9. The van der Waals surface area contributed by atoms with Crippen molar-refractivity contribution in [2.24, 2.45) is 23.5 Å². The van der Waals surface area contributed by atoms with Gasteiger partial charge >= 0.3 is 30.2 Å². The molecule has 0 unspecified atom stereocenters. The lowest BCUT2D eigenvalue weighted by atomic mass is 9.78. The van der Waals surface area contributed by atoms with Gasteiger partial charge in [-0.2, -0.15) is 13.2 Å². The number of nitrogens with two attached hydrogens (primary N) is 1. The molecule has 2 aromatic rings. The predicted octanol–water partition coefficient (Wildman–Crippen LogP) is 10.1. The average Bonchev–Trinajstić information content (AvgIpc) is 1.65. The second-order valence-electron chi connectivity index (χ2n) is 23.9. The molecular formula is C62H82BrClF3N5O14. The molecule has 2 aromatic carbocycles. The van der Waals surface area contributed by atoms with Gasteiger partial charge in [-0.3, -0.25) is 29.3 Å². The Bertz CT molecular complexity index is 2940. The normalized spacial score (nSPS) is 24.4. The molecule has 86 heavy (non-hydrogen) atoms. The summed E-state index contributed by atoms with van der Waals surface area (Å²) >= 11 is 9.99. The van der Waals surface area contributed by atoms with Crippen molar-refractivity contribution in [3.63, 3.8) is 0 Å². The van der Waals surface area contributed by atoms with Gasteiger partial charge in [0, 0.05) is 69.1 Å². The number of allylic oxidation sites excluding steroid dienone is 3. The molecular weight excluding hydrogens is 1210 g/mol. The number of aliphatic hydroxyl groups is 1. The SMILES string of the molecule is C=C(CBr)C(=O)OC(C)(C)CCCCC(=O)C[C@H](C(=O)N[C@@H](CCCNC(N)=O)C(=O)Cc1ccc(NC(=O)O[C@H]2CC(=O)N(C)c3cc(cc(C)c3Cl)C/C(C)=C/C=C/[C@@H](OC)[C@]3(O)CC(=O)O[C@@H](C3)[C@@H](C)[C@@H]3O[C@@]23C)c(C(F)(F)F)c1)C(C)C. The number of anilines is 2. The van der Waals surface area contributed by atoms with Gasteiger partial charge in [0.2, 0.25) is 11.8 Å². The summed E-state index contributed by atoms with van der Waals surface area (Å²) in [6.45, 7) is 17.5. The highest BCUT2D eigenvalue weighted by atomic mass is 79.9. The molecule has 2 fully saturated rings. The van der Waals surface area contributed by atoms with Gasteiger partial charge in [0.25, 0.3) is 0 Å². The fourth-order valence-electron chi connectivity index (χ4n) is 10.9. The quantitative estimate of drug-likeness (QED) is 0.0173. The molecule has 0 radical (unpaired) electrons. The molecule has 3 heterocycles. The van der Waals surface area contributed by atoms with Crippen LogP contribution in [0.25, 0.3) is 0 Å². The number of benzene rings is 2. The molecule has 0 saturated carbocycles. The van der Waals surface area contributed by atoms with Crippen LogP contribution in [0.5, 0.6) is 0 Å². The van der Waals surface area contributed by atoms with Crippen molar-refractivity contribution >= 4 is 86.3 Å². The van der Waals surface area contributed by atoms with Crippen molar-refractivity contribution in [3.05, 3.63) is 93.6 Å². The van der Waals surface area contributed by atoms with Crippen LogP contribution in [0.15, 0.2) is 66.3 Å². The van der Waals surface area contributed by atoms with Crippen molar-refractivity contribution in [1.29, 1.82) is 0 Å². The summed E-state index contributed by atoms with van der Waals surface area (Å²) in [5, 5.41) is 19.8. The van der Waals surface area contributed by atoms with Crippen LogP contribution < -0.4 is 26.6 Å². The summed E-state index contributed by atoms with van der Waals surface area (Å²) in [4.78, 5) is 108. The molecule has 19 nitrogen and oxygen atoms in total. The highest BCUT2D eigenvalue weighted by molar-refractivity contribution is 9.09. The zero-order valence-electron chi connectivity index (χ0n) is 50.5. The van der Waals surface area contributed by atoms with Crippen molar-refractivity contribution < 1.29 is 80.3 Å². The number of halogens is 5. The van der Waals surface area contributed by atoms with Crippen LogP contribution in [-0.4, -0.2) is 126 Å². The van der Waals surface area contributed by atoms with E-state index in [9.17, 15) is 43.5 Å². The van der Waals surface area contributed by atoms with Crippen LogP contribution in [0, 0.1) is 24.7 Å². The Labute approximate surface area is 514 Å². The summed E-state index contributed by atoms with van der Waals surface area (Å²) in [5.74, 6) is -5.38. The number of methoxy groups -OCH3 is 1. The number of fused-ring (bicyclic) bond motifs is 5. The Morgan fingerprint density at radius 3 is 2.40 bits per heavy atom. The summed E-state index contributed by atoms with van der Waals surface area (Å²) in [5.41, 5.74) is 1.83. The summed E-state index contributed by atoms with van der Waals surface area (Å²) in [6.07, 6.45) is -5.45. The van der Waals surface area contributed by atoms with E-state index in [1.807, 2.05) is 19.1 Å². The maximum Gasteiger partial charge on any atom is 0.418 e. The maximum atomic E-state index is 15.1. The molecule has 0 aromatic heterocycles. The fourth-order valence-corrected chi connectivity index (χ4v) is 11.4. The van der Waals surface area contributed by atoms with Crippen LogP contribution in [0.4, 0.5) is 34.1 Å². The molecule has 9 atom stereocenters. The van der Waals surface area contributed by atoms with Crippen LogP contribution in [0.1, 0.15) is 135 Å². The number of carbonyl (C=O) groups excluding carboxylic acids is 8. The summed E-state index contributed by atoms with van der Waals surface area (Å²) in [7, 11) is 2.88. The molecule has 0 spiro atoms. The maximum absolute atomic E-state index is 15.1. The summed E-state index contributed by atoms with van der Waals surface area (Å²) < 4.78 is 74.4. The lowest BCUT2D eigenvalue weighted by molar-refractivity contribution is -0.187. The number of ether oxygens (including phenoxy) is 5. The van der Waals surface area contributed by atoms with Crippen LogP contribution in [-0.2, 0) is 71.5 Å². The number of ketones is 2. The number of esters is 2. The zero-order valence-corrected chi connectivity index (χ0v) is 52.9. The first kappa shape index (κ1) is 70.6. The summed E-state index contributed by atoms with van der Waals surface area (Å²) in [6, 6.07) is 4.28. The van der Waals surface area contributed by atoms with Crippen LogP contribution in [0.2, 0.25) is 5.02 Å². The number of primary amides is 1. The van der Waals surface area contributed by atoms with E-state index >= 15 is 13.2 Å². The third kappa shape index (κ3) is 19.4. The molecule has 3 aliphatic rings. The molecule has 4 bridgehead atoms. The fraction of sp³-hybridized carbons (Fsp3) is 0.581. The van der Waals surface area contributed by atoms with Gasteiger partial charge in [0.15, 0.2) is 5.78 Å². The number of nitrogens with one attached hydrogen (secondary N) is 3. The molecule has 3 aliphatic heterocycles. The van der Waals surface area contributed by atoms with Crippen LogP contribution >= 0.6 is 27.5 Å². The first-order valence-corrected chi connectivity index (χ1v) is 30.2. The number of amides is 5. The van der Waals surface area contributed by atoms with Crippen molar-refractivity contribution in [2.75, 3.05) is 36.2 Å². The minimum absolute atomic E-state index is 0.000921. The van der Waals surface area contributed by atoms with E-state index < -0.39 is 131 Å². The van der Waals surface area contributed by atoms with Gasteiger partial charge in [-0.1, -0.05) is 90.8 Å². The number of urea groups is 1. The number of hydrogen-bond donors (Lipinski definition) is 5. The smallest absolute Gasteiger partial charge is 0.418 e. The Morgan fingerprint density at radius 2 is 1.76 bits per heavy atom. The number of unbranched alkanes of at least 4 members (excludes halogenated alkanes) is 1. The molecule has 5 amide bonds. The van der Waals surface area contributed by atoms with Gasteiger partial charge in [0.05, 0.1) is 46.9 Å². The van der Waals surface area contributed by atoms with Crippen molar-refractivity contribution in [1.82, 2.24) is 10.6 Å². The Hall–Kier alpha value is -6.14. The molecule has 2 saturated heterocycles. The topological polar surface area (TPSA) is 272 Å². The third-order valence-electron chi connectivity index (χ3n) is 16.0. The van der Waals surface area contributed by atoms with Gasteiger partial charge in [0.1, 0.15) is 40.9 Å². The number of aryl methyl sites for hydroxylation is 1. The first-order chi connectivity index (χ1) is 40.1. The third-order valence-corrected chi connectivity index (χ3v) is 17.2. The number of alkyl halides is 4. The largest absolute Gasteiger partial charge is 0.462 e. The number of nitrogens with zero attached hydrogens (tertiary/aromatic N) is 1. The average molecular weight is 1290 g/mol. The molecule has 0 aliphatic carbocycles. The van der Waals surface area contributed by atoms with E-state index in [1.165, 1.54) is 25.1 Å². The minimum Gasteiger partial charge on any atom is -0.462 e. The van der Waals surface area contributed by atoms with E-state index in [2.05, 4.69) is 38.5 Å². The van der Waals surface area contributed by atoms with E-state index in [0.29, 0.717) is 43.0 Å². The van der Waals surface area contributed by atoms with E-state index in [1.54, 1.807) is 66.7 Å². The standard InChI is InChI=1S/C62H82BrClF3N5O14/c1-34(2)42(29-41(73)17-12-13-22-59(7,8)86-56(78)37(5)33-63)55(77)70-45(18-15-23-69-57(68)79)47(74)28-39-20-21-44(43(26-39)62(65,66)67)71-58(80)84-50-30-51(75)72(10)46-27-40(25-36(4)53(46)64)24-35(3)16-14-19-49(82-11)61(81)31-48(83-52(76)32-61)38(6)54-60(50,9)85-54/h14,16,19-21,25-27,34,38,42,45,48-50,54,81H,5,12-13,15,17-18,22-24,28-33H2,1-4,6-11H3,(H,70,77)(H,71,80)(H3,68,69,79)/b19-14+,35-16+/t38-,42+,45+,48+,49-,50+,54+,60+,61-/m1/s1. The van der Waals surface area contributed by atoms with Crippen molar-refractivity contribution in [2.45, 2.75) is 186 Å². The van der Waals surface area contributed by atoms with Gasteiger partial charge in [-0.15, -0.1) is 0 Å². The number of Topliss-reactive ketones (excluding diaryl/α,β-unsaturated/α-hetero) is 2. The second kappa shape index (κ2) is 30.2. The van der Waals surface area contributed by atoms with Crippen LogP contribution in [0.3, 0.4) is 0 Å². The molecule has 24 heteroatoms. The highest BCUT2D eigenvalue weighted by Gasteiger charge is 2.64.